The second kappa shape index (κ2) is 15.2. The molecule has 5 rings (SSSR count). The van der Waals surface area contributed by atoms with Crippen LogP contribution in [-0.4, -0.2) is 133 Å². The Morgan fingerprint density at radius 1 is 0.612 bits per heavy atom. The number of halogens is 1. The Morgan fingerprint density at radius 2 is 1.02 bits per heavy atom. The molecule has 1 aliphatic rings. The number of urea groups is 1. The highest BCUT2D eigenvalue weighted by molar-refractivity contribution is 6.10. The first-order valence-electron chi connectivity index (χ1n) is 15.4. The zero-order valence-electron chi connectivity index (χ0n) is 28.3. The van der Waals surface area contributed by atoms with E-state index >= 15 is 0 Å². The lowest BCUT2D eigenvalue weighted by Gasteiger charge is -2.18. The third-order valence-electron chi connectivity index (χ3n) is 8.12. The highest BCUT2D eigenvalue weighted by Crippen LogP contribution is 2.24. The van der Waals surface area contributed by atoms with Gasteiger partial charge in [-0.25, -0.2) is 4.79 Å². The van der Waals surface area contributed by atoms with Crippen LogP contribution < -0.4 is 20.0 Å². The van der Waals surface area contributed by atoms with Crippen molar-refractivity contribution in [1.29, 1.82) is 0 Å². The van der Waals surface area contributed by atoms with Gasteiger partial charge in [0.15, 0.2) is 0 Å². The molecule has 0 bridgehead atoms. The summed E-state index contributed by atoms with van der Waals surface area (Å²) >= 11 is 0. The van der Waals surface area contributed by atoms with Crippen LogP contribution >= 0.6 is 12.4 Å². The minimum absolute atomic E-state index is 0. The summed E-state index contributed by atoms with van der Waals surface area (Å²) in [6.07, 6.45) is 7.08. The van der Waals surface area contributed by atoms with Gasteiger partial charge in [-0.05, 0) is 51.3 Å². The summed E-state index contributed by atoms with van der Waals surface area (Å²) in [6, 6.07) is 6.08. The minimum Gasteiger partial charge on any atom is -0.355 e. The summed E-state index contributed by atoms with van der Waals surface area (Å²) in [4.78, 5) is 85.7. The van der Waals surface area contributed by atoms with Crippen LogP contribution in [0, 0.1) is 0 Å². The predicted molar refractivity (Wildman–Crippen MR) is 189 cm³/mol. The molecule has 0 aliphatic carbocycles. The summed E-state index contributed by atoms with van der Waals surface area (Å²) in [5, 5.41) is 2.73. The van der Waals surface area contributed by atoms with Crippen molar-refractivity contribution in [2.45, 2.75) is 6.42 Å². The van der Waals surface area contributed by atoms with Gasteiger partial charge in [0.1, 0.15) is 22.8 Å². The molecule has 0 spiro atoms. The van der Waals surface area contributed by atoms with E-state index in [1.165, 1.54) is 14.7 Å². The molecule has 49 heavy (non-hydrogen) atoms. The van der Waals surface area contributed by atoms with Gasteiger partial charge in [0.2, 0.25) is 0 Å². The summed E-state index contributed by atoms with van der Waals surface area (Å²) in [5.41, 5.74) is 3.02. The van der Waals surface area contributed by atoms with E-state index in [4.69, 9.17) is 0 Å². The van der Waals surface area contributed by atoms with Gasteiger partial charge in [-0.3, -0.25) is 19.2 Å². The second-order valence-electron chi connectivity index (χ2n) is 12.0. The van der Waals surface area contributed by atoms with Crippen LogP contribution in [0.2, 0.25) is 0 Å². The van der Waals surface area contributed by atoms with E-state index in [9.17, 15) is 24.0 Å². The maximum absolute atomic E-state index is 13.3. The number of aromatic amines is 4. The highest BCUT2D eigenvalue weighted by Gasteiger charge is 2.26. The molecular weight excluding hydrogens is 654 g/mol. The van der Waals surface area contributed by atoms with Gasteiger partial charge in [-0.1, -0.05) is 0 Å². The van der Waals surface area contributed by atoms with Gasteiger partial charge in [-0.15, -0.1) is 12.4 Å². The maximum atomic E-state index is 13.3. The molecule has 6 amide bonds. The zero-order chi connectivity index (χ0) is 34.7. The highest BCUT2D eigenvalue weighted by atomic mass is 35.5. The maximum Gasteiger partial charge on any atom is 0.322 e. The molecule has 0 aromatic carbocycles. The molecule has 4 aromatic heterocycles. The van der Waals surface area contributed by atoms with Gasteiger partial charge in [-0.2, -0.15) is 0 Å². The van der Waals surface area contributed by atoms with E-state index < -0.39 is 5.91 Å². The van der Waals surface area contributed by atoms with E-state index in [2.05, 4.69) is 30.2 Å². The Bertz CT molecular complexity index is 1820. The predicted octanol–water partition coefficient (Wildman–Crippen LogP) is 3.12. The lowest BCUT2D eigenvalue weighted by Crippen LogP contribution is -2.30. The second-order valence-corrected chi connectivity index (χ2v) is 12.0. The molecule has 0 saturated carbocycles. The molecule has 1 fully saturated rings. The van der Waals surface area contributed by atoms with Crippen molar-refractivity contribution in [2.75, 3.05) is 88.5 Å². The van der Waals surface area contributed by atoms with Crippen LogP contribution in [0.25, 0.3) is 0 Å². The molecule has 4 aromatic rings. The molecule has 262 valence electrons. The number of H-pyrrole nitrogens is 4. The third-order valence-corrected chi connectivity index (χ3v) is 8.12. The molecule has 0 unspecified atom stereocenters. The lowest BCUT2D eigenvalue weighted by atomic mass is 10.3. The topological polar surface area (TPSA) is 180 Å². The SMILES string of the molecule is CN(C)CCCN(C)C(=O)c1cc(N(C)C(=O)c2cc(N(C)C(=O)c3cc(N(C)C(=O)c4cc(NC(=O)N5CC5)c[nH]4)c[nH]3)c[nH]2)c[nH]1.Cl. The van der Waals surface area contributed by atoms with Crippen LogP contribution in [0.5, 0.6) is 0 Å². The van der Waals surface area contributed by atoms with Gasteiger partial charge in [0.05, 0.1) is 22.7 Å². The van der Waals surface area contributed by atoms with Gasteiger partial charge in [0.25, 0.3) is 23.6 Å². The summed E-state index contributed by atoms with van der Waals surface area (Å²) in [7, 11) is 10.5. The number of carbonyl (C=O) groups excluding carboxylic acids is 5. The summed E-state index contributed by atoms with van der Waals surface area (Å²) in [5.74, 6) is -1.29. The Labute approximate surface area is 289 Å². The quantitative estimate of drug-likeness (QED) is 0.142. The number of hydrogen-bond donors (Lipinski definition) is 5. The molecule has 0 atom stereocenters. The Kier molecular flexibility index (Phi) is 11.3. The number of aromatic nitrogens is 4. The van der Waals surface area contributed by atoms with Gasteiger partial charge < -0.3 is 54.7 Å². The summed E-state index contributed by atoms with van der Waals surface area (Å²) < 4.78 is 0. The first-order valence-corrected chi connectivity index (χ1v) is 15.4. The molecule has 1 saturated heterocycles. The summed E-state index contributed by atoms with van der Waals surface area (Å²) in [6.45, 7) is 2.90. The molecule has 17 heteroatoms. The van der Waals surface area contributed by atoms with E-state index in [-0.39, 0.29) is 53.2 Å². The van der Waals surface area contributed by atoms with E-state index in [1.807, 2.05) is 14.1 Å². The zero-order valence-corrected chi connectivity index (χ0v) is 29.1. The lowest BCUT2D eigenvalue weighted by molar-refractivity contribution is 0.0784. The normalized spacial score (nSPS) is 11.9. The van der Waals surface area contributed by atoms with E-state index in [0.717, 1.165) is 13.0 Å². The molecular formula is C32H42ClN11O5. The van der Waals surface area contributed by atoms with Crippen molar-refractivity contribution in [3.63, 3.8) is 0 Å². The average molecular weight is 696 g/mol. The van der Waals surface area contributed by atoms with Gasteiger partial charge >= 0.3 is 6.03 Å². The standard InChI is InChI=1S/C32H41N11O5.ClH/c1-38(2)8-7-9-39(3)28(44)25-13-21(17-34-25)41(5)30(46)27-15-23(19-36-27)42(6)31(47)26-14-22(18-35-26)40(4)29(45)24-12-20(16-33-24)37-32(48)43-10-11-43;/h12-19,33-36H,7-11H2,1-6H3,(H,37,48);1H. The minimum atomic E-state index is -0.392. The van der Waals surface area contributed by atoms with Crippen LogP contribution in [0.4, 0.5) is 27.5 Å². The Morgan fingerprint density at radius 3 is 1.45 bits per heavy atom. The fourth-order valence-electron chi connectivity index (χ4n) is 4.97. The number of hydrogen-bond acceptors (Lipinski definition) is 6. The van der Waals surface area contributed by atoms with Crippen molar-refractivity contribution >= 4 is 64.8 Å². The number of carbonyl (C=O) groups is 5. The molecule has 1 aliphatic heterocycles. The molecule has 5 heterocycles. The number of anilines is 4. The van der Waals surface area contributed by atoms with Crippen LogP contribution in [0.15, 0.2) is 49.1 Å². The fraction of sp³-hybridized carbons (Fsp3) is 0.344. The van der Waals surface area contributed by atoms with Crippen molar-refractivity contribution in [3.05, 3.63) is 71.8 Å². The van der Waals surface area contributed by atoms with Crippen molar-refractivity contribution in [1.82, 2.24) is 34.6 Å². The number of amides is 6. The number of rotatable bonds is 12. The van der Waals surface area contributed by atoms with Crippen molar-refractivity contribution < 1.29 is 24.0 Å². The Hall–Kier alpha value is -5.48. The van der Waals surface area contributed by atoms with Crippen LogP contribution in [-0.2, 0) is 0 Å². The van der Waals surface area contributed by atoms with Crippen LogP contribution in [0.3, 0.4) is 0 Å². The smallest absolute Gasteiger partial charge is 0.322 e. The average Bonchev–Trinajstić information content (AvgIpc) is 3.52. The number of nitrogens with zero attached hydrogens (tertiary/aromatic N) is 6. The Balaban J connectivity index is 0.00000541. The fourth-order valence-corrected chi connectivity index (χ4v) is 4.97. The number of nitrogens with one attached hydrogen (secondary N) is 5. The molecule has 0 radical (unpaired) electrons. The first kappa shape index (κ1) is 36.4. The van der Waals surface area contributed by atoms with Crippen molar-refractivity contribution in [2.24, 2.45) is 0 Å². The molecule has 16 nitrogen and oxygen atoms in total. The van der Waals surface area contributed by atoms with E-state index in [0.29, 0.717) is 48.1 Å². The first-order chi connectivity index (χ1) is 22.8. The van der Waals surface area contributed by atoms with Crippen molar-refractivity contribution in [3.8, 4) is 0 Å². The molecule has 5 N–H and O–H groups in total. The van der Waals surface area contributed by atoms with Crippen LogP contribution in [0.1, 0.15) is 48.4 Å². The monoisotopic (exact) mass is 695 g/mol. The van der Waals surface area contributed by atoms with E-state index in [1.54, 1.807) is 87.0 Å². The third kappa shape index (κ3) is 8.33. The largest absolute Gasteiger partial charge is 0.355 e. The van der Waals surface area contributed by atoms with Gasteiger partial charge in [0, 0.05) is 72.6 Å².